The fourth-order valence-corrected chi connectivity index (χ4v) is 2.55. The number of benzene rings is 1. The number of halogens is 2. The van der Waals surface area contributed by atoms with Crippen molar-refractivity contribution >= 4 is 22.4 Å². The van der Waals surface area contributed by atoms with Crippen molar-refractivity contribution in [3.05, 3.63) is 46.0 Å². The molecule has 0 unspecified atom stereocenters. The smallest absolute Gasteiger partial charge is 0.260 e. The molecule has 3 nitrogen and oxygen atoms in total. The first-order chi connectivity index (χ1) is 9.02. The number of rotatable bonds is 3. The molecule has 0 spiro atoms. The Kier molecular flexibility index (Phi) is 3.90. The molecule has 0 saturated carbocycles. The largest absolute Gasteiger partial charge is 0.298 e. The molecule has 1 N–H and O–H groups in total. The van der Waals surface area contributed by atoms with Crippen molar-refractivity contribution < 1.29 is 13.6 Å². The van der Waals surface area contributed by atoms with E-state index >= 15 is 0 Å². The molecule has 0 bridgehead atoms. The summed E-state index contributed by atoms with van der Waals surface area (Å²) in [6, 6.07) is 3.49. The molecule has 2 rings (SSSR count). The number of aryl methyl sites for hydroxylation is 2. The summed E-state index contributed by atoms with van der Waals surface area (Å²) in [6.45, 7) is 3.86. The number of thiazole rings is 1. The molecule has 2 aromatic rings. The van der Waals surface area contributed by atoms with Gasteiger partial charge in [-0.3, -0.25) is 10.1 Å². The molecule has 0 fully saturated rings. The van der Waals surface area contributed by atoms with Crippen molar-refractivity contribution in [2.45, 2.75) is 20.3 Å². The average Bonchev–Trinajstić information content (AvgIpc) is 2.72. The zero-order chi connectivity index (χ0) is 14.0. The van der Waals surface area contributed by atoms with Crippen molar-refractivity contribution in [2.24, 2.45) is 0 Å². The van der Waals surface area contributed by atoms with Crippen LogP contribution in [0.25, 0.3) is 0 Å². The average molecular weight is 282 g/mol. The van der Waals surface area contributed by atoms with Crippen LogP contribution in [0.2, 0.25) is 0 Å². The Morgan fingerprint density at radius 2 is 2.16 bits per heavy atom. The van der Waals surface area contributed by atoms with Gasteiger partial charge in [-0.2, -0.15) is 0 Å². The third-order valence-corrected chi connectivity index (χ3v) is 3.57. The van der Waals surface area contributed by atoms with Gasteiger partial charge in [-0.05, 0) is 25.5 Å². The van der Waals surface area contributed by atoms with Gasteiger partial charge in [0.15, 0.2) is 16.8 Å². The van der Waals surface area contributed by atoms with Gasteiger partial charge >= 0.3 is 0 Å². The number of carbonyl (C=O) groups excluding carboxylic acids is 1. The van der Waals surface area contributed by atoms with E-state index in [1.807, 2.05) is 13.8 Å². The van der Waals surface area contributed by atoms with Gasteiger partial charge in [0.1, 0.15) is 0 Å². The van der Waals surface area contributed by atoms with Gasteiger partial charge in [0.05, 0.1) is 11.3 Å². The summed E-state index contributed by atoms with van der Waals surface area (Å²) >= 11 is 1.31. The highest BCUT2D eigenvalue weighted by Gasteiger charge is 2.16. The lowest BCUT2D eigenvalue weighted by Crippen LogP contribution is -2.14. The van der Waals surface area contributed by atoms with Crippen molar-refractivity contribution in [1.29, 1.82) is 0 Å². The van der Waals surface area contributed by atoms with E-state index < -0.39 is 17.5 Å². The standard InChI is InChI=1S/C13H12F2N2OS/c1-3-10-7(2)19-13(16-10)17-12(18)8-5-4-6-9(14)11(8)15/h4-6H,3H2,1-2H3,(H,16,17,18). The van der Waals surface area contributed by atoms with E-state index in [2.05, 4.69) is 10.3 Å². The number of carbonyl (C=O) groups is 1. The van der Waals surface area contributed by atoms with E-state index in [-0.39, 0.29) is 5.56 Å². The summed E-state index contributed by atoms with van der Waals surface area (Å²) in [7, 11) is 0. The third-order valence-electron chi connectivity index (χ3n) is 2.64. The van der Waals surface area contributed by atoms with Gasteiger partial charge in [-0.1, -0.05) is 13.0 Å². The molecule has 0 atom stereocenters. The zero-order valence-corrected chi connectivity index (χ0v) is 11.3. The van der Waals surface area contributed by atoms with Crippen LogP contribution in [-0.4, -0.2) is 10.9 Å². The summed E-state index contributed by atoms with van der Waals surface area (Å²) < 4.78 is 26.5. The Hall–Kier alpha value is -1.82. The van der Waals surface area contributed by atoms with E-state index in [1.54, 1.807) is 0 Å². The quantitative estimate of drug-likeness (QED) is 0.935. The molecule has 1 aromatic carbocycles. The van der Waals surface area contributed by atoms with Crippen molar-refractivity contribution in [1.82, 2.24) is 4.98 Å². The minimum absolute atomic E-state index is 0.328. The maximum Gasteiger partial charge on any atom is 0.260 e. The number of anilines is 1. The van der Waals surface area contributed by atoms with Crippen LogP contribution < -0.4 is 5.32 Å². The zero-order valence-electron chi connectivity index (χ0n) is 10.5. The molecule has 1 aromatic heterocycles. The van der Waals surface area contributed by atoms with Crippen molar-refractivity contribution in [3.8, 4) is 0 Å². The van der Waals surface area contributed by atoms with Crippen LogP contribution >= 0.6 is 11.3 Å². The van der Waals surface area contributed by atoms with Gasteiger partial charge in [0, 0.05) is 4.88 Å². The molecule has 19 heavy (non-hydrogen) atoms. The minimum Gasteiger partial charge on any atom is -0.298 e. The van der Waals surface area contributed by atoms with Gasteiger partial charge in [0.25, 0.3) is 5.91 Å². The first-order valence-electron chi connectivity index (χ1n) is 5.74. The summed E-state index contributed by atoms with van der Waals surface area (Å²) in [4.78, 5) is 17.1. The highest BCUT2D eigenvalue weighted by atomic mass is 32.1. The SMILES string of the molecule is CCc1nc(NC(=O)c2cccc(F)c2F)sc1C. The first-order valence-corrected chi connectivity index (χ1v) is 6.56. The predicted molar refractivity (Wildman–Crippen MR) is 70.5 cm³/mol. The molecule has 100 valence electrons. The van der Waals surface area contributed by atoms with Crippen molar-refractivity contribution in [3.63, 3.8) is 0 Å². The summed E-state index contributed by atoms with van der Waals surface area (Å²) in [5.74, 6) is -2.89. The highest BCUT2D eigenvalue weighted by molar-refractivity contribution is 7.15. The van der Waals surface area contributed by atoms with Crippen LogP contribution in [0.5, 0.6) is 0 Å². The Morgan fingerprint density at radius 1 is 1.42 bits per heavy atom. The van der Waals surface area contributed by atoms with Crippen LogP contribution in [0.15, 0.2) is 18.2 Å². The molecular weight excluding hydrogens is 270 g/mol. The van der Waals surface area contributed by atoms with Gasteiger partial charge < -0.3 is 0 Å². The summed E-state index contributed by atoms with van der Waals surface area (Å²) in [6.07, 6.45) is 0.756. The summed E-state index contributed by atoms with van der Waals surface area (Å²) in [5.41, 5.74) is 0.561. The lowest BCUT2D eigenvalue weighted by atomic mass is 10.2. The van der Waals surface area contributed by atoms with Gasteiger partial charge in [-0.15, -0.1) is 11.3 Å². The second-order valence-electron chi connectivity index (χ2n) is 3.93. The van der Waals surface area contributed by atoms with E-state index in [0.29, 0.717) is 5.13 Å². The number of aromatic nitrogens is 1. The fourth-order valence-electron chi connectivity index (χ4n) is 1.65. The van der Waals surface area contributed by atoms with Crippen molar-refractivity contribution in [2.75, 3.05) is 5.32 Å². The first kappa shape index (κ1) is 13.6. The lowest BCUT2D eigenvalue weighted by molar-refractivity contribution is 0.102. The molecular formula is C13H12F2N2OS. The number of hydrogen-bond acceptors (Lipinski definition) is 3. The van der Waals surface area contributed by atoms with E-state index in [1.165, 1.54) is 23.5 Å². The second kappa shape index (κ2) is 5.44. The van der Waals surface area contributed by atoms with E-state index in [4.69, 9.17) is 0 Å². The van der Waals surface area contributed by atoms with E-state index in [0.717, 1.165) is 23.1 Å². The van der Waals surface area contributed by atoms with Crippen LogP contribution in [0.3, 0.4) is 0 Å². The van der Waals surface area contributed by atoms with Gasteiger partial charge in [0.2, 0.25) is 0 Å². The summed E-state index contributed by atoms with van der Waals surface area (Å²) in [5, 5.41) is 2.88. The Balaban J connectivity index is 2.23. The Labute approximate surface area is 113 Å². The maximum atomic E-state index is 13.5. The Bertz CT molecular complexity index is 625. The van der Waals surface area contributed by atoms with Crippen LogP contribution in [0.4, 0.5) is 13.9 Å². The molecule has 0 radical (unpaired) electrons. The fraction of sp³-hybridized carbons (Fsp3) is 0.231. The minimum atomic E-state index is -1.15. The Morgan fingerprint density at radius 3 is 2.79 bits per heavy atom. The normalized spacial score (nSPS) is 10.5. The number of hydrogen-bond donors (Lipinski definition) is 1. The van der Waals surface area contributed by atoms with Crippen LogP contribution in [-0.2, 0) is 6.42 Å². The number of amides is 1. The van der Waals surface area contributed by atoms with Crippen LogP contribution in [0, 0.1) is 18.6 Å². The molecule has 1 amide bonds. The van der Waals surface area contributed by atoms with E-state index in [9.17, 15) is 13.6 Å². The highest BCUT2D eigenvalue weighted by Crippen LogP contribution is 2.23. The number of nitrogens with zero attached hydrogens (tertiary/aromatic N) is 1. The molecule has 1 heterocycles. The predicted octanol–water partition coefficient (Wildman–Crippen LogP) is 3.54. The molecule has 0 aliphatic heterocycles. The number of nitrogens with one attached hydrogen (secondary N) is 1. The molecule has 0 aliphatic rings. The molecule has 0 saturated heterocycles. The monoisotopic (exact) mass is 282 g/mol. The lowest BCUT2D eigenvalue weighted by Gasteiger charge is -2.03. The molecule has 0 aliphatic carbocycles. The topological polar surface area (TPSA) is 42.0 Å². The van der Waals surface area contributed by atoms with Gasteiger partial charge in [-0.25, -0.2) is 13.8 Å². The van der Waals surface area contributed by atoms with Crippen LogP contribution in [0.1, 0.15) is 27.9 Å². The third kappa shape index (κ3) is 2.78. The molecule has 6 heteroatoms. The second-order valence-corrected chi connectivity index (χ2v) is 5.13. The maximum absolute atomic E-state index is 13.5.